The van der Waals surface area contributed by atoms with Crippen LogP contribution in [-0.4, -0.2) is 11.5 Å². The second-order valence-corrected chi connectivity index (χ2v) is 5.39. The Bertz CT molecular complexity index is 579. The molecule has 0 fully saturated rings. The van der Waals surface area contributed by atoms with E-state index in [0.717, 1.165) is 29.9 Å². The molecule has 0 aliphatic carbocycles. The van der Waals surface area contributed by atoms with E-state index >= 15 is 0 Å². The SMILES string of the molecule is CCCCN(c1ccccc1)c1cc(C)nc(C)c1CN. The van der Waals surface area contributed by atoms with Gasteiger partial charge in [-0.1, -0.05) is 31.5 Å². The fraction of sp³-hybridized carbons (Fsp3) is 0.389. The Balaban J connectivity index is 2.51. The lowest BCUT2D eigenvalue weighted by Crippen LogP contribution is -2.21. The molecule has 0 saturated heterocycles. The molecule has 1 heterocycles. The van der Waals surface area contributed by atoms with E-state index in [0.29, 0.717) is 6.54 Å². The average molecular weight is 283 g/mol. The van der Waals surface area contributed by atoms with Gasteiger partial charge in [-0.15, -0.1) is 0 Å². The normalized spacial score (nSPS) is 10.7. The molecule has 112 valence electrons. The van der Waals surface area contributed by atoms with Crippen LogP contribution in [0.2, 0.25) is 0 Å². The number of nitrogens with two attached hydrogens (primary N) is 1. The molecule has 0 aliphatic heterocycles. The molecule has 3 heteroatoms. The number of hydrogen-bond donors (Lipinski definition) is 1. The fourth-order valence-corrected chi connectivity index (χ4v) is 2.64. The van der Waals surface area contributed by atoms with Crippen molar-refractivity contribution in [3.05, 3.63) is 53.3 Å². The maximum absolute atomic E-state index is 5.98. The smallest absolute Gasteiger partial charge is 0.0492 e. The van der Waals surface area contributed by atoms with E-state index in [1.54, 1.807) is 0 Å². The Morgan fingerprint density at radius 2 is 1.86 bits per heavy atom. The summed E-state index contributed by atoms with van der Waals surface area (Å²) in [7, 11) is 0. The minimum atomic E-state index is 0.518. The van der Waals surface area contributed by atoms with Crippen LogP contribution in [0.15, 0.2) is 36.4 Å². The van der Waals surface area contributed by atoms with Gasteiger partial charge in [0.25, 0.3) is 0 Å². The first-order valence-electron chi connectivity index (χ1n) is 7.67. The van der Waals surface area contributed by atoms with Crippen molar-refractivity contribution in [3.8, 4) is 0 Å². The van der Waals surface area contributed by atoms with Crippen molar-refractivity contribution in [2.24, 2.45) is 5.73 Å². The molecule has 0 spiro atoms. The number of hydrogen-bond acceptors (Lipinski definition) is 3. The van der Waals surface area contributed by atoms with E-state index in [9.17, 15) is 0 Å². The van der Waals surface area contributed by atoms with Gasteiger partial charge in [0.2, 0.25) is 0 Å². The van der Waals surface area contributed by atoms with Crippen molar-refractivity contribution in [2.75, 3.05) is 11.4 Å². The van der Waals surface area contributed by atoms with Gasteiger partial charge < -0.3 is 10.6 Å². The van der Waals surface area contributed by atoms with Gasteiger partial charge in [-0.25, -0.2) is 0 Å². The lowest BCUT2D eigenvalue weighted by Gasteiger charge is -2.28. The van der Waals surface area contributed by atoms with Crippen LogP contribution in [0.25, 0.3) is 0 Å². The molecule has 2 N–H and O–H groups in total. The van der Waals surface area contributed by atoms with Crippen molar-refractivity contribution in [3.63, 3.8) is 0 Å². The van der Waals surface area contributed by atoms with Crippen molar-refractivity contribution in [1.82, 2.24) is 4.98 Å². The zero-order valence-electron chi connectivity index (χ0n) is 13.3. The lowest BCUT2D eigenvalue weighted by molar-refractivity contribution is 0.780. The minimum Gasteiger partial charge on any atom is -0.341 e. The fourth-order valence-electron chi connectivity index (χ4n) is 2.64. The molecular formula is C18H25N3. The molecule has 0 amide bonds. The van der Waals surface area contributed by atoms with Gasteiger partial charge >= 0.3 is 0 Å². The quantitative estimate of drug-likeness (QED) is 0.868. The molecule has 1 aromatic carbocycles. The molecule has 2 rings (SSSR count). The number of pyridine rings is 1. The highest BCUT2D eigenvalue weighted by Gasteiger charge is 2.15. The highest BCUT2D eigenvalue weighted by atomic mass is 15.1. The van der Waals surface area contributed by atoms with Crippen molar-refractivity contribution >= 4 is 11.4 Å². The number of aryl methyl sites for hydroxylation is 2. The third kappa shape index (κ3) is 3.61. The number of para-hydroxylation sites is 1. The molecule has 2 aromatic rings. The molecule has 1 aromatic heterocycles. The molecule has 0 saturated carbocycles. The van der Waals surface area contributed by atoms with Crippen molar-refractivity contribution < 1.29 is 0 Å². The van der Waals surface area contributed by atoms with Gasteiger partial charge in [-0.3, -0.25) is 4.98 Å². The number of unbranched alkanes of at least 4 members (excludes halogenated alkanes) is 1. The largest absolute Gasteiger partial charge is 0.341 e. The summed E-state index contributed by atoms with van der Waals surface area (Å²) in [6, 6.07) is 12.7. The highest BCUT2D eigenvalue weighted by Crippen LogP contribution is 2.30. The monoisotopic (exact) mass is 283 g/mol. The van der Waals surface area contributed by atoms with E-state index in [1.807, 2.05) is 19.9 Å². The van der Waals surface area contributed by atoms with Crippen LogP contribution in [0.1, 0.15) is 36.7 Å². The topological polar surface area (TPSA) is 42.2 Å². The second kappa shape index (κ2) is 7.23. The molecule has 3 nitrogen and oxygen atoms in total. The van der Waals surface area contributed by atoms with Crippen LogP contribution in [0.5, 0.6) is 0 Å². The van der Waals surface area contributed by atoms with Gasteiger partial charge in [0.05, 0.1) is 0 Å². The van der Waals surface area contributed by atoms with E-state index < -0.39 is 0 Å². The van der Waals surface area contributed by atoms with Gasteiger partial charge in [-0.2, -0.15) is 0 Å². The van der Waals surface area contributed by atoms with Crippen LogP contribution < -0.4 is 10.6 Å². The maximum Gasteiger partial charge on any atom is 0.0492 e. The first-order valence-corrected chi connectivity index (χ1v) is 7.67. The van der Waals surface area contributed by atoms with Gasteiger partial charge in [0, 0.05) is 41.4 Å². The highest BCUT2D eigenvalue weighted by molar-refractivity contribution is 5.67. The molecule has 0 atom stereocenters. The minimum absolute atomic E-state index is 0.518. The molecule has 21 heavy (non-hydrogen) atoms. The van der Waals surface area contributed by atoms with Crippen LogP contribution in [0.3, 0.4) is 0 Å². The Morgan fingerprint density at radius 1 is 1.14 bits per heavy atom. The number of rotatable bonds is 6. The Kier molecular flexibility index (Phi) is 5.34. The summed E-state index contributed by atoms with van der Waals surface area (Å²) in [5, 5.41) is 0. The van der Waals surface area contributed by atoms with Crippen LogP contribution in [-0.2, 0) is 6.54 Å². The van der Waals surface area contributed by atoms with Gasteiger partial charge in [0.1, 0.15) is 0 Å². The summed E-state index contributed by atoms with van der Waals surface area (Å²) >= 11 is 0. The molecule has 0 unspecified atom stereocenters. The summed E-state index contributed by atoms with van der Waals surface area (Å²) in [5.74, 6) is 0. The number of nitrogens with zero attached hydrogens (tertiary/aromatic N) is 2. The summed E-state index contributed by atoms with van der Waals surface area (Å²) in [6.07, 6.45) is 2.32. The molecular weight excluding hydrogens is 258 g/mol. The Hall–Kier alpha value is -1.87. The summed E-state index contributed by atoms with van der Waals surface area (Å²) in [6.45, 7) is 7.82. The second-order valence-electron chi connectivity index (χ2n) is 5.39. The molecule has 0 aliphatic rings. The predicted octanol–water partition coefficient (Wildman–Crippen LogP) is 4.10. The number of anilines is 2. The van der Waals surface area contributed by atoms with Crippen LogP contribution in [0, 0.1) is 13.8 Å². The zero-order chi connectivity index (χ0) is 15.2. The maximum atomic E-state index is 5.98. The van der Waals surface area contributed by atoms with Crippen molar-refractivity contribution in [2.45, 2.75) is 40.2 Å². The third-order valence-corrected chi connectivity index (χ3v) is 3.73. The Labute approximate surface area is 127 Å². The number of aromatic nitrogens is 1. The Morgan fingerprint density at radius 3 is 2.48 bits per heavy atom. The third-order valence-electron chi connectivity index (χ3n) is 3.73. The van der Waals surface area contributed by atoms with E-state index in [4.69, 9.17) is 5.73 Å². The van der Waals surface area contributed by atoms with Crippen LogP contribution in [0.4, 0.5) is 11.4 Å². The first-order chi connectivity index (χ1) is 10.2. The van der Waals surface area contributed by atoms with E-state index in [-0.39, 0.29) is 0 Å². The van der Waals surface area contributed by atoms with Crippen molar-refractivity contribution in [1.29, 1.82) is 0 Å². The van der Waals surface area contributed by atoms with E-state index in [1.165, 1.54) is 17.8 Å². The average Bonchev–Trinajstić information content (AvgIpc) is 2.48. The molecule has 0 bridgehead atoms. The number of benzene rings is 1. The van der Waals surface area contributed by atoms with Gasteiger partial charge in [-0.05, 0) is 38.5 Å². The molecule has 0 radical (unpaired) electrons. The predicted molar refractivity (Wildman–Crippen MR) is 90.0 cm³/mol. The summed E-state index contributed by atoms with van der Waals surface area (Å²) in [5.41, 5.74) is 11.6. The summed E-state index contributed by atoms with van der Waals surface area (Å²) in [4.78, 5) is 6.92. The standard InChI is InChI=1S/C18H25N3/c1-4-5-11-21(16-9-7-6-8-10-16)18-12-14(2)20-15(3)17(18)13-19/h6-10,12H,4-5,11,13,19H2,1-3H3. The van der Waals surface area contributed by atoms with E-state index in [2.05, 4.69) is 47.1 Å². The van der Waals surface area contributed by atoms with Gasteiger partial charge in [0.15, 0.2) is 0 Å². The van der Waals surface area contributed by atoms with Crippen LogP contribution >= 0.6 is 0 Å². The zero-order valence-corrected chi connectivity index (χ0v) is 13.3. The first kappa shape index (κ1) is 15.5. The lowest BCUT2D eigenvalue weighted by atomic mass is 10.1. The summed E-state index contributed by atoms with van der Waals surface area (Å²) < 4.78 is 0.